The first-order valence-corrected chi connectivity index (χ1v) is 7.00. The number of benzene rings is 1. The molecule has 0 bridgehead atoms. The Morgan fingerprint density at radius 3 is 2.78 bits per heavy atom. The van der Waals surface area contributed by atoms with E-state index in [1.54, 1.807) is 24.3 Å². The van der Waals surface area contributed by atoms with E-state index in [9.17, 15) is 8.42 Å². The summed E-state index contributed by atoms with van der Waals surface area (Å²) in [7, 11) is -3.77. The molecule has 2 rings (SSSR count). The molecule has 8 heteroatoms. The van der Waals surface area contributed by atoms with E-state index in [4.69, 9.17) is 12.2 Å². The predicted molar refractivity (Wildman–Crippen MR) is 69.5 cm³/mol. The molecular weight excluding hydrogens is 272 g/mol. The van der Waals surface area contributed by atoms with Gasteiger partial charge in [0.1, 0.15) is 0 Å². The monoisotopic (exact) mass is 280 g/mol. The van der Waals surface area contributed by atoms with Gasteiger partial charge in [0, 0.05) is 5.56 Å². The van der Waals surface area contributed by atoms with Crippen molar-refractivity contribution in [2.24, 2.45) is 0 Å². The minimum atomic E-state index is -3.77. The second-order valence-electron chi connectivity index (χ2n) is 3.24. The van der Waals surface area contributed by atoms with Gasteiger partial charge in [0.25, 0.3) is 14.4 Å². The molecule has 0 fully saturated rings. The summed E-state index contributed by atoms with van der Waals surface area (Å²) in [5.74, 6) is 2.42. The normalized spacial score (nSPS) is 10.8. The summed E-state index contributed by atoms with van der Waals surface area (Å²) in [6.45, 7) is 0. The van der Waals surface area contributed by atoms with Gasteiger partial charge in [0.15, 0.2) is 0 Å². The van der Waals surface area contributed by atoms with E-state index >= 15 is 0 Å². The predicted octanol–water partition coefficient (Wildman–Crippen LogP) is 0.902. The Bertz CT molecular complexity index is 715. The fraction of sp³-hybridized carbons (Fsp3) is 0. The van der Waals surface area contributed by atoms with Crippen molar-refractivity contribution >= 4 is 32.2 Å². The molecule has 0 atom stereocenters. The van der Waals surface area contributed by atoms with E-state index in [1.807, 2.05) is 0 Å². The molecular formula is C10H8N4O2S2. The summed E-state index contributed by atoms with van der Waals surface area (Å²) in [5, 5.41) is 7.02. The molecule has 0 saturated carbocycles. The number of rotatable bonds is 3. The van der Waals surface area contributed by atoms with Crippen molar-refractivity contribution in [2.75, 3.05) is 10.5 Å². The maximum atomic E-state index is 11.9. The maximum absolute atomic E-state index is 11.9. The van der Waals surface area contributed by atoms with Crippen molar-refractivity contribution in [1.82, 2.24) is 10.2 Å². The summed E-state index contributed by atoms with van der Waals surface area (Å²) in [4.78, 5) is 0. The third-order valence-electron chi connectivity index (χ3n) is 1.93. The van der Waals surface area contributed by atoms with E-state index in [-0.39, 0.29) is 9.47 Å². The molecule has 2 aromatic rings. The molecule has 0 radical (unpaired) electrons. The lowest BCUT2D eigenvalue weighted by atomic mass is 10.2. The molecule has 0 spiro atoms. The van der Waals surface area contributed by atoms with E-state index in [2.05, 4.69) is 20.8 Å². The SMILES string of the molecule is C#Cc1cccc(NS(=O)(=O)c2nnc(N)s2)c1. The first-order valence-electron chi connectivity index (χ1n) is 4.70. The lowest BCUT2D eigenvalue weighted by Crippen LogP contribution is -2.12. The van der Waals surface area contributed by atoms with Gasteiger partial charge in [-0.25, -0.2) is 0 Å². The minimum Gasteiger partial charge on any atom is -0.374 e. The number of sulfonamides is 1. The third kappa shape index (κ3) is 2.58. The molecule has 3 N–H and O–H groups in total. The van der Waals surface area contributed by atoms with Gasteiger partial charge in [-0.2, -0.15) is 8.42 Å². The number of anilines is 2. The quantitative estimate of drug-likeness (QED) is 0.814. The van der Waals surface area contributed by atoms with Crippen LogP contribution in [0.25, 0.3) is 0 Å². The Kier molecular flexibility index (Phi) is 3.18. The number of nitrogens with zero attached hydrogens (tertiary/aromatic N) is 2. The van der Waals surface area contributed by atoms with Gasteiger partial charge in [-0.15, -0.1) is 16.6 Å². The topological polar surface area (TPSA) is 98.0 Å². The van der Waals surface area contributed by atoms with E-state index in [1.165, 1.54) is 0 Å². The van der Waals surface area contributed by atoms with Crippen molar-refractivity contribution in [2.45, 2.75) is 4.34 Å². The molecule has 1 aromatic carbocycles. The Hall–Kier alpha value is -2.11. The van der Waals surface area contributed by atoms with Gasteiger partial charge in [-0.3, -0.25) is 4.72 Å². The van der Waals surface area contributed by atoms with Crippen molar-refractivity contribution in [3.05, 3.63) is 29.8 Å². The molecule has 0 aliphatic rings. The van der Waals surface area contributed by atoms with Crippen LogP contribution in [0.3, 0.4) is 0 Å². The highest BCUT2D eigenvalue weighted by Crippen LogP contribution is 2.20. The Labute approximate surface area is 108 Å². The van der Waals surface area contributed by atoms with Gasteiger partial charge >= 0.3 is 0 Å². The standard InChI is InChI=1S/C10H8N4O2S2/c1-2-7-4-3-5-8(6-7)14-18(15,16)10-13-12-9(11)17-10/h1,3-6,14H,(H2,11,12). The number of hydrogen-bond acceptors (Lipinski definition) is 6. The zero-order valence-corrected chi connectivity index (χ0v) is 10.6. The maximum Gasteiger partial charge on any atom is 0.291 e. The highest BCUT2D eigenvalue weighted by molar-refractivity contribution is 7.94. The summed E-state index contributed by atoms with van der Waals surface area (Å²) in [6.07, 6.45) is 5.23. The lowest BCUT2D eigenvalue weighted by Gasteiger charge is -2.04. The summed E-state index contributed by atoms with van der Waals surface area (Å²) in [5.41, 5.74) is 6.28. The van der Waals surface area contributed by atoms with Crippen LogP contribution < -0.4 is 10.5 Å². The Morgan fingerprint density at radius 2 is 2.17 bits per heavy atom. The van der Waals surface area contributed by atoms with Crippen LogP contribution in [-0.2, 0) is 10.0 Å². The molecule has 92 valence electrons. The third-order valence-corrected chi connectivity index (χ3v) is 4.43. The van der Waals surface area contributed by atoms with Crippen LogP contribution in [0.1, 0.15) is 5.56 Å². The number of aromatic nitrogens is 2. The summed E-state index contributed by atoms with van der Waals surface area (Å²) < 4.78 is 26.0. The molecule has 0 amide bonds. The van der Waals surface area contributed by atoms with Crippen molar-refractivity contribution < 1.29 is 8.42 Å². The fourth-order valence-corrected chi connectivity index (χ4v) is 3.04. The average molecular weight is 280 g/mol. The van der Waals surface area contributed by atoms with Crippen LogP contribution in [0.5, 0.6) is 0 Å². The zero-order valence-electron chi connectivity index (χ0n) is 8.99. The molecule has 6 nitrogen and oxygen atoms in total. The number of terminal acetylenes is 1. The van der Waals surface area contributed by atoms with E-state index in [0.29, 0.717) is 11.3 Å². The lowest BCUT2D eigenvalue weighted by molar-refractivity contribution is 0.599. The van der Waals surface area contributed by atoms with Crippen molar-refractivity contribution in [1.29, 1.82) is 0 Å². The van der Waals surface area contributed by atoms with Crippen LogP contribution in [0.15, 0.2) is 28.6 Å². The van der Waals surface area contributed by atoms with Crippen molar-refractivity contribution in [3.63, 3.8) is 0 Å². The molecule has 18 heavy (non-hydrogen) atoms. The van der Waals surface area contributed by atoms with E-state index < -0.39 is 10.0 Å². The second kappa shape index (κ2) is 4.64. The smallest absolute Gasteiger partial charge is 0.291 e. The van der Waals surface area contributed by atoms with Crippen LogP contribution in [0.2, 0.25) is 0 Å². The van der Waals surface area contributed by atoms with E-state index in [0.717, 1.165) is 11.3 Å². The highest BCUT2D eigenvalue weighted by Gasteiger charge is 2.19. The first-order chi connectivity index (χ1) is 8.51. The molecule has 1 heterocycles. The summed E-state index contributed by atoms with van der Waals surface area (Å²) in [6, 6.07) is 6.48. The van der Waals surface area contributed by atoms with Gasteiger partial charge in [-0.05, 0) is 18.2 Å². The Balaban J connectivity index is 2.31. The summed E-state index contributed by atoms with van der Waals surface area (Å²) >= 11 is 0.789. The van der Waals surface area contributed by atoms with Gasteiger partial charge in [0.2, 0.25) is 5.13 Å². The average Bonchev–Trinajstić information content (AvgIpc) is 2.76. The number of nitrogen functional groups attached to an aromatic ring is 1. The highest BCUT2D eigenvalue weighted by atomic mass is 32.2. The molecule has 0 saturated heterocycles. The number of nitrogens with one attached hydrogen (secondary N) is 1. The minimum absolute atomic E-state index is 0.0905. The molecule has 0 aliphatic carbocycles. The second-order valence-corrected chi connectivity index (χ2v) is 6.10. The van der Waals surface area contributed by atoms with Gasteiger partial charge in [-0.1, -0.05) is 23.3 Å². The Morgan fingerprint density at radius 1 is 1.39 bits per heavy atom. The van der Waals surface area contributed by atoms with Crippen LogP contribution in [0, 0.1) is 12.3 Å². The van der Waals surface area contributed by atoms with Gasteiger partial charge < -0.3 is 5.73 Å². The zero-order chi connectivity index (χ0) is 13.2. The van der Waals surface area contributed by atoms with Gasteiger partial charge in [0.05, 0.1) is 5.69 Å². The molecule has 0 unspecified atom stereocenters. The number of nitrogens with two attached hydrogens (primary N) is 1. The molecule has 1 aromatic heterocycles. The van der Waals surface area contributed by atoms with Crippen molar-refractivity contribution in [3.8, 4) is 12.3 Å². The first kappa shape index (κ1) is 12.3. The fourth-order valence-electron chi connectivity index (χ4n) is 1.20. The van der Waals surface area contributed by atoms with Crippen LogP contribution in [-0.4, -0.2) is 18.6 Å². The van der Waals surface area contributed by atoms with Crippen LogP contribution >= 0.6 is 11.3 Å². The number of hydrogen-bond donors (Lipinski definition) is 2. The van der Waals surface area contributed by atoms with Crippen LogP contribution in [0.4, 0.5) is 10.8 Å². The molecule has 0 aliphatic heterocycles. The largest absolute Gasteiger partial charge is 0.374 e.